The molecular weight excluding hydrogens is 560 g/mol. The molecule has 20 heteroatoms. The van der Waals surface area contributed by atoms with E-state index in [1.807, 2.05) is 0 Å². The summed E-state index contributed by atoms with van der Waals surface area (Å²) in [5.41, 5.74) is 9.52. The van der Waals surface area contributed by atoms with Crippen molar-refractivity contribution in [2.24, 2.45) is 10.9 Å². The first-order valence-electron chi connectivity index (χ1n) is 11.6. The van der Waals surface area contributed by atoms with Gasteiger partial charge in [-0.15, -0.1) is 11.3 Å². The van der Waals surface area contributed by atoms with E-state index in [9.17, 15) is 32.5 Å². The number of carboxylic acids is 1. The highest BCUT2D eigenvalue weighted by atomic mass is 32.2. The van der Waals surface area contributed by atoms with Crippen molar-refractivity contribution in [2.75, 3.05) is 18.8 Å². The molecule has 3 heterocycles. The van der Waals surface area contributed by atoms with Crippen molar-refractivity contribution in [1.82, 2.24) is 34.9 Å². The maximum atomic E-state index is 13.2. The predicted octanol–water partition coefficient (Wildman–Crippen LogP) is -2.71. The minimum atomic E-state index is -4.97. The van der Waals surface area contributed by atoms with Crippen LogP contribution >= 0.6 is 11.3 Å². The molecule has 0 unspecified atom stereocenters. The molecule has 2 aliphatic rings. The number of nitrogens with two attached hydrogens (primary N) is 2. The van der Waals surface area contributed by atoms with Gasteiger partial charge in [0.2, 0.25) is 5.60 Å². The van der Waals surface area contributed by atoms with Crippen LogP contribution in [0.3, 0.4) is 0 Å². The molecule has 2 amide bonds. The fraction of sp³-hybridized carbons (Fsp3) is 0.526. The Bertz CT molecular complexity index is 1390. The number of thiazole rings is 1. The number of carbonyl (C=O) groups is 3. The van der Waals surface area contributed by atoms with E-state index < -0.39 is 51.5 Å². The van der Waals surface area contributed by atoms with Crippen molar-refractivity contribution >= 4 is 50.3 Å². The largest absolute Gasteiger partial charge is 0.478 e. The smallest absolute Gasteiger partial charge is 0.362 e. The van der Waals surface area contributed by atoms with Crippen LogP contribution in [0.1, 0.15) is 30.7 Å². The number of carbonyl (C=O) groups excluding carboxylic acids is 2. The molecule has 2 atom stereocenters. The highest BCUT2D eigenvalue weighted by molar-refractivity contribution is 7.84. The highest BCUT2D eigenvalue weighted by Gasteiger charge is 2.56. The monoisotopic (exact) mass is 586 g/mol. The Morgan fingerprint density at radius 2 is 2.10 bits per heavy atom. The van der Waals surface area contributed by atoms with Gasteiger partial charge < -0.3 is 32.0 Å². The van der Waals surface area contributed by atoms with Crippen LogP contribution in [-0.4, -0.2) is 96.6 Å². The Hall–Kier alpha value is -3.72. The van der Waals surface area contributed by atoms with E-state index in [2.05, 4.69) is 31.0 Å². The average Bonchev–Trinajstić information content (AvgIpc) is 3.33. The first kappa shape index (κ1) is 28.3. The van der Waals surface area contributed by atoms with E-state index in [0.717, 1.165) is 22.6 Å². The molecule has 1 saturated carbocycles. The van der Waals surface area contributed by atoms with Gasteiger partial charge in [0.1, 0.15) is 17.8 Å². The molecule has 2 aromatic heterocycles. The third-order valence-corrected chi connectivity index (χ3v) is 7.51. The molecule has 8 N–H and O–H groups in total. The maximum Gasteiger partial charge on any atom is 0.362 e. The number of hydrogen-bond donors (Lipinski definition) is 6. The van der Waals surface area contributed by atoms with Crippen LogP contribution in [0, 0.1) is 0 Å². The van der Waals surface area contributed by atoms with Gasteiger partial charge in [-0.3, -0.25) is 14.1 Å². The topological polar surface area (TPSA) is 270 Å². The number of amides is 2. The number of nitrogens with zero attached hydrogens (tertiary/aromatic N) is 6. The number of aromatic nitrogens is 4. The van der Waals surface area contributed by atoms with Crippen LogP contribution < -0.4 is 22.1 Å². The molecule has 4 rings (SSSR count). The Morgan fingerprint density at radius 1 is 1.36 bits per heavy atom. The number of nitrogen functional groups attached to an aromatic ring is 1. The summed E-state index contributed by atoms with van der Waals surface area (Å²) in [6.07, 6.45) is 2.54. The van der Waals surface area contributed by atoms with Crippen LogP contribution in [0.5, 0.6) is 0 Å². The van der Waals surface area contributed by atoms with Crippen molar-refractivity contribution in [3.05, 3.63) is 23.0 Å². The number of β-lactam (4-membered cyclic amide) rings is 1. The number of anilines is 1. The van der Waals surface area contributed by atoms with Gasteiger partial charge in [0.05, 0.1) is 18.4 Å². The summed E-state index contributed by atoms with van der Waals surface area (Å²) >= 11 is 0.976. The molecular formula is C19H26N10O8S2. The minimum absolute atomic E-state index is 0.0494. The second-order valence-electron chi connectivity index (χ2n) is 8.74. The maximum absolute atomic E-state index is 13.2. The van der Waals surface area contributed by atoms with Gasteiger partial charge in [-0.25, -0.2) is 14.1 Å². The normalized spacial score (nSPS) is 20.4. The SMILES string of the molecule is NCCCNCc1cnn(C[C@H]2[C@H](NC(=O)C(=NOC3(C(=O)O)CC3)c3csc(N)n3)C(=O)N2S(=O)(=O)O)n1. The first-order chi connectivity index (χ1) is 18.4. The third kappa shape index (κ3) is 6.30. The van der Waals surface area contributed by atoms with Crippen LogP contribution in [-0.2, 0) is 42.6 Å². The van der Waals surface area contributed by atoms with Crippen molar-refractivity contribution in [3.63, 3.8) is 0 Å². The molecule has 1 aliphatic heterocycles. The third-order valence-electron chi connectivity index (χ3n) is 5.89. The molecule has 0 radical (unpaired) electrons. The fourth-order valence-corrected chi connectivity index (χ4v) is 5.07. The first-order valence-corrected chi connectivity index (χ1v) is 13.8. The summed E-state index contributed by atoms with van der Waals surface area (Å²) < 4.78 is 33.5. The van der Waals surface area contributed by atoms with Crippen LogP contribution in [0.25, 0.3) is 0 Å². The van der Waals surface area contributed by atoms with E-state index in [1.54, 1.807) is 0 Å². The quantitative estimate of drug-likeness (QED) is 0.0432. The number of aliphatic carboxylic acids is 1. The lowest BCUT2D eigenvalue weighted by Crippen LogP contribution is -2.73. The molecule has 0 bridgehead atoms. The van der Waals surface area contributed by atoms with Gasteiger partial charge >= 0.3 is 16.3 Å². The van der Waals surface area contributed by atoms with Crippen molar-refractivity contribution in [2.45, 2.75) is 50.0 Å². The second kappa shape index (κ2) is 11.2. The zero-order valence-electron chi connectivity index (χ0n) is 20.3. The van der Waals surface area contributed by atoms with Gasteiger partial charge in [0.15, 0.2) is 10.8 Å². The lowest BCUT2D eigenvalue weighted by atomic mass is 9.98. The standard InChI is InChI=1S/C19H26N10O8S2/c20-4-1-5-22-6-10-7-23-28(26-10)8-12-14(16(31)29(12)39(34,35)36)25-15(30)13(11-9-38-18(21)24-11)27-37-19(2-3-19)17(32)33/h7,9,12,14,22H,1-6,8,20H2,(H2,21,24)(H,25,30)(H,32,33)(H,34,35,36)/t12-,14-/m0/s1. The molecule has 2 aromatic rings. The number of carboxylic acid groups (broad SMARTS) is 1. The molecule has 212 valence electrons. The minimum Gasteiger partial charge on any atom is -0.478 e. The number of oxime groups is 1. The summed E-state index contributed by atoms with van der Waals surface area (Å²) in [6.45, 7) is 1.23. The van der Waals surface area contributed by atoms with Gasteiger partial charge in [0, 0.05) is 24.8 Å². The van der Waals surface area contributed by atoms with Crippen molar-refractivity contribution in [1.29, 1.82) is 0 Å². The summed E-state index contributed by atoms with van der Waals surface area (Å²) in [5.74, 6) is -3.39. The van der Waals surface area contributed by atoms with Crippen LogP contribution in [0.2, 0.25) is 0 Å². The zero-order valence-corrected chi connectivity index (χ0v) is 21.9. The summed E-state index contributed by atoms with van der Waals surface area (Å²) in [4.78, 5) is 47.5. The highest BCUT2D eigenvalue weighted by Crippen LogP contribution is 2.40. The van der Waals surface area contributed by atoms with E-state index in [-0.39, 0.29) is 34.5 Å². The second-order valence-corrected chi connectivity index (χ2v) is 10.9. The Labute approximate surface area is 225 Å². The van der Waals surface area contributed by atoms with E-state index in [0.29, 0.717) is 25.3 Å². The van der Waals surface area contributed by atoms with Gasteiger partial charge in [0.25, 0.3) is 11.8 Å². The van der Waals surface area contributed by atoms with Gasteiger partial charge in [-0.05, 0) is 19.5 Å². The summed E-state index contributed by atoms with van der Waals surface area (Å²) in [5, 5.41) is 28.2. The zero-order chi connectivity index (χ0) is 28.4. The number of rotatable bonds is 14. The lowest BCUT2D eigenvalue weighted by Gasteiger charge is -2.43. The molecule has 18 nitrogen and oxygen atoms in total. The summed E-state index contributed by atoms with van der Waals surface area (Å²) in [6, 6.07) is -2.73. The van der Waals surface area contributed by atoms with Crippen LogP contribution in [0.4, 0.5) is 5.13 Å². The van der Waals surface area contributed by atoms with E-state index in [1.165, 1.54) is 11.6 Å². The fourth-order valence-electron chi connectivity index (χ4n) is 3.65. The molecule has 0 aromatic carbocycles. The number of hydrogen-bond acceptors (Lipinski definition) is 14. The van der Waals surface area contributed by atoms with Crippen molar-refractivity contribution in [3.8, 4) is 0 Å². The molecule has 0 spiro atoms. The Kier molecular flexibility index (Phi) is 8.11. The molecule has 1 saturated heterocycles. The molecule has 2 fully saturated rings. The average molecular weight is 587 g/mol. The molecule has 1 aliphatic carbocycles. The lowest BCUT2D eigenvalue weighted by molar-refractivity contribution is -0.153. The van der Waals surface area contributed by atoms with E-state index in [4.69, 9.17) is 16.3 Å². The number of nitrogens with one attached hydrogen (secondary N) is 2. The van der Waals surface area contributed by atoms with E-state index >= 15 is 0 Å². The summed E-state index contributed by atoms with van der Waals surface area (Å²) in [7, 11) is -4.97. The van der Waals surface area contributed by atoms with Gasteiger partial charge in [-0.1, -0.05) is 5.16 Å². The van der Waals surface area contributed by atoms with Gasteiger partial charge in [-0.2, -0.15) is 23.4 Å². The Morgan fingerprint density at radius 3 is 2.69 bits per heavy atom. The molecule has 39 heavy (non-hydrogen) atoms. The Balaban J connectivity index is 1.51. The van der Waals surface area contributed by atoms with Crippen LogP contribution in [0.15, 0.2) is 16.7 Å². The van der Waals surface area contributed by atoms with Crippen molar-refractivity contribution < 1.29 is 37.3 Å². The predicted molar refractivity (Wildman–Crippen MR) is 133 cm³/mol.